The second kappa shape index (κ2) is 10.3. The predicted octanol–water partition coefficient (Wildman–Crippen LogP) is 7.78. The Labute approximate surface area is 159 Å². The Balaban J connectivity index is 3.16. The van der Waals surface area contributed by atoms with Crippen molar-refractivity contribution in [2.75, 3.05) is 0 Å². The lowest BCUT2D eigenvalue weighted by Crippen LogP contribution is -2.27. The zero-order valence-electron chi connectivity index (χ0n) is 16.2. The Morgan fingerprint density at radius 3 is 1.78 bits per heavy atom. The molecule has 23 heavy (non-hydrogen) atoms. The topological polar surface area (TPSA) is 9.23 Å². The van der Waals surface area contributed by atoms with Gasteiger partial charge in [-0.2, -0.15) is 0 Å². The minimum absolute atomic E-state index is 0.490. The molecule has 1 aliphatic carbocycles. The van der Waals surface area contributed by atoms with E-state index in [4.69, 9.17) is 4.43 Å². The molecule has 0 saturated heterocycles. The van der Waals surface area contributed by atoms with Gasteiger partial charge in [0.2, 0.25) is 8.32 Å². The third kappa shape index (κ3) is 6.56. The van der Waals surface area contributed by atoms with Crippen LogP contribution >= 0.6 is 22.6 Å². The van der Waals surface area contributed by atoms with Gasteiger partial charge in [-0.15, -0.1) is 0 Å². The first-order valence-electron chi connectivity index (χ1n) is 9.64. The van der Waals surface area contributed by atoms with E-state index in [1.54, 1.807) is 16.7 Å². The van der Waals surface area contributed by atoms with Gasteiger partial charge in [-0.05, 0) is 74.9 Å². The molecule has 0 saturated carbocycles. The van der Waals surface area contributed by atoms with Crippen molar-refractivity contribution >= 4 is 30.9 Å². The summed E-state index contributed by atoms with van der Waals surface area (Å²) in [5, 5.41) is 0. The fourth-order valence-electron chi connectivity index (χ4n) is 3.19. The zero-order valence-corrected chi connectivity index (χ0v) is 19.4. The largest absolute Gasteiger partial charge is 0.546 e. The Bertz CT molecular complexity index is 431. The molecule has 134 valence electrons. The summed E-state index contributed by atoms with van der Waals surface area (Å²) in [7, 11) is -1.56. The molecule has 0 heterocycles. The van der Waals surface area contributed by atoms with Crippen LogP contribution in [0.4, 0.5) is 0 Å². The third-order valence-electron chi connectivity index (χ3n) is 4.36. The molecule has 0 spiro atoms. The first-order valence-corrected chi connectivity index (χ1v) is 14.3. The van der Waals surface area contributed by atoms with Crippen molar-refractivity contribution in [3.8, 4) is 0 Å². The van der Waals surface area contributed by atoms with E-state index in [2.05, 4.69) is 63.0 Å². The quantitative estimate of drug-likeness (QED) is 0.178. The Hall–Kier alpha value is 0.227. The molecule has 3 heteroatoms. The number of unbranched alkanes of at least 4 members (excludes halogenated alkanes) is 3. The average molecular weight is 449 g/mol. The highest BCUT2D eigenvalue weighted by atomic mass is 127. The van der Waals surface area contributed by atoms with Gasteiger partial charge in [0, 0.05) is 0 Å². The second-order valence-corrected chi connectivity index (χ2v) is 13.4. The van der Waals surface area contributed by atoms with Crippen molar-refractivity contribution < 1.29 is 4.43 Å². The van der Waals surface area contributed by atoms with Crippen LogP contribution in [0.1, 0.15) is 78.6 Å². The lowest BCUT2D eigenvalue weighted by Gasteiger charge is -2.25. The van der Waals surface area contributed by atoms with Gasteiger partial charge in [0.15, 0.2) is 0 Å². The van der Waals surface area contributed by atoms with Gasteiger partial charge in [-0.3, -0.25) is 0 Å². The van der Waals surface area contributed by atoms with Crippen molar-refractivity contribution in [3.63, 3.8) is 0 Å². The maximum absolute atomic E-state index is 6.61. The van der Waals surface area contributed by atoms with Gasteiger partial charge >= 0.3 is 0 Å². The van der Waals surface area contributed by atoms with E-state index in [0.717, 1.165) is 0 Å². The summed E-state index contributed by atoms with van der Waals surface area (Å²) in [5.41, 5.74) is 4.97. The molecule has 0 aromatic carbocycles. The standard InChI is InChI=1S/C20H37IOSi/c1-7-10-13-16-17(14-11-8-2)19(21)20(22-23(4,5)6)18(16)15-12-9-3/h19H,7-15H2,1-6H3. The summed E-state index contributed by atoms with van der Waals surface area (Å²) in [6.07, 6.45) is 11.5. The predicted molar refractivity (Wildman–Crippen MR) is 115 cm³/mol. The van der Waals surface area contributed by atoms with Crippen molar-refractivity contribution in [1.82, 2.24) is 0 Å². The molecule has 1 rings (SSSR count). The van der Waals surface area contributed by atoms with E-state index in [0.29, 0.717) is 3.92 Å². The van der Waals surface area contributed by atoms with E-state index in [-0.39, 0.29) is 0 Å². The highest BCUT2D eigenvalue weighted by molar-refractivity contribution is 14.1. The molecular weight excluding hydrogens is 411 g/mol. The molecular formula is C20H37IOSi. The van der Waals surface area contributed by atoms with Gasteiger partial charge in [0.05, 0.1) is 9.68 Å². The van der Waals surface area contributed by atoms with Crippen molar-refractivity contribution in [2.24, 2.45) is 0 Å². The SMILES string of the molecule is CCCCC1=C(CCCC)C(I)C(O[Si](C)(C)C)=C1CCCC. The normalized spacial score (nSPS) is 19.0. The van der Waals surface area contributed by atoms with Gasteiger partial charge in [0.1, 0.15) is 0 Å². The van der Waals surface area contributed by atoms with Gasteiger partial charge < -0.3 is 4.43 Å². The molecule has 1 unspecified atom stereocenters. The van der Waals surface area contributed by atoms with Crippen LogP contribution in [-0.2, 0) is 4.43 Å². The molecule has 1 aliphatic rings. The lowest BCUT2D eigenvalue weighted by atomic mass is 9.94. The smallest absolute Gasteiger partial charge is 0.241 e. The fraction of sp³-hybridized carbons (Fsp3) is 0.800. The van der Waals surface area contributed by atoms with E-state index in [9.17, 15) is 0 Å². The highest BCUT2D eigenvalue weighted by Gasteiger charge is 2.34. The number of hydrogen-bond donors (Lipinski definition) is 0. The average Bonchev–Trinajstić information content (AvgIpc) is 2.71. The number of hydrogen-bond acceptors (Lipinski definition) is 1. The molecule has 0 aromatic heterocycles. The summed E-state index contributed by atoms with van der Waals surface area (Å²) in [4.78, 5) is 0. The molecule has 0 aromatic rings. The summed E-state index contributed by atoms with van der Waals surface area (Å²) in [6, 6.07) is 0. The molecule has 1 atom stereocenters. The van der Waals surface area contributed by atoms with E-state index >= 15 is 0 Å². The summed E-state index contributed by atoms with van der Waals surface area (Å²) in [6.45, 7) is 13.8. The summed E-state index contributed by atoms with van der Waals surface area (Å²) >= 11 is 2.65. The van der Waals surface area contributed by atoms with Gasteiger partial charge in [0.25, 0.3) is 0 Å². The maximum Gasteiger partial charge on any atom is 0.241 e. The highest BCUT2D eigenvalue weighted by Crippen LogP contribution is 2.45. The van der Waals surface area contributed by atoms with Crippen LogP contribution in [-0.4, -0.2) is 12.2 Å². The monoisotopic (exact) mass is 448 g/mol. The minimum atomic E-state index is -1.56. The maximum atomic E-state index is 6.61. The molecule has 0 radical (unpaired) electrons. The van der Waals surface area contributed by atoms with Crippen molar-refractivity contribution in [2.45, 2.75) is 102 Å². The zero-order chi connectivity index (χ0) is 17.5. The van der Waals surface area contributed by atoms with Crippen molar-refractivity contribution in [1.29, 1.82) is 0 Å². The first kappa shape index (κ1) is 21.3. The van der Waals surface area contributed by atoms with Crippen LogP contribution < -0.4 is 0 Å². The van der Waals surface area contributed by atoms with Crippen LogP contribution in [0.2, 0.25) is 19.6 Å². The first-order chi connectivity index (χ1) is 10.9. The number of rotatable bonds is 11. The number of halogens is 1. The van der Waals surface area contributed by atoms with E-state index in [1.165, 1.54) is 63.5 Å². The third-order valence-corrected chi connectivity index (χ3v) is 6.51. The van der Waals surface area contributed by atoms with Crippen LogP contribution in [0, 0.1) is 0 Å². The Morgan fingerprint density at radius 1 is 0.826 bits per heavy atom. The van der Waals surface area contributed by atoms with Gasteiger partial charge in [-0.25, -0.2) is 0 Å². The van der Waals surface area contributed by atoms with Gasteiger partial charge in [-0.1, -0.05) is 62.6 Å². The Kier molecular flexibility index (Phi) is 9.50. The molecule has 0 amide bonds. The lowest BCUT2D eigenvalue weighted by molar-refractivity contribution is 0.410. The van der Waals surface area contributed by atoms with Crippen LogP contribution in [0.25, 0.3) is 0 Å². The molecule has 0 N–H and O–H groups in total. The van der Waals surface area contributed by atoms with Crippen LogP contribution in [0.3, 0.4) is 0 Å². The van der Waals surface area contributed by atoms with E-state index in [1.807, 2.05) is 0 Å². The molecule has 0 bridgehead atoms. The molecule has 0 fully saturated rings. The number of alkyl halides is 1. The Morgan fingerprint density at radius 2 is 1.30 bits per heavy atom. The van der Waals surface area contributed by atoms with Crippen LogP contribution in [0.5, 0.6) is 0 Å². The summed E-state index contributed by atoms with van der Waals surface area (Å²) < 4.78 is 7.10. The molecule has 1 nitrogen and oxygen atoms in total. The summed E-state index contributed by atoms with van der Waals surface area (Å²) in [5.74, 6) is 1.34. The van der Waals surface area contributed by atoms with Crippen LogP contribution in [0.15, 0.2) is 22.5 Å². The number of allylic oxidation sites excluding steroid dienone is 3. The molecule has 0 aliphatic heterocycles. The minimum Gasteiger partial charge on any atom is -0.546 e. The van der Waals surface area contributed by atoms with Crippen molar-refractivity contribution in [3.05, 3.63) is 22.5 Å². The second-order valence-electron chi connectivity index (χ2n) is 7.73. The fourth-order valence-corrected chi connectivity index (χ4v) is 5.52. The van der Waals surface area contributed by atoms with E-state index < -0.39 is 8.32 Å².